The lowest BCUT2D eigenvalue weighted by Crippen LogP contribution is -2.33. The number of aromatic carboxylic acids is 1. The standard InChI is InChI=1S/C17H11NO7S/c19-14(20)8-18-15(21)13(26-17(18)24)7-11-4-5-12(25-11)9-2-1-3-10(6-9)16(22)23/h1-7H,8H2,(H,19,20)(H,22,23)/b13-7-. The van der Waals surface area contributed by atoms with Gasteiger partial charge >= 0.3 is 11.9 Å². The molecule has 2 heterocycles. The van der Waals surface area contributed by atoms with Crippen molar-refractivity contribution < 1.29 is 33.8 Å². The average Bonchev–Trinajstić information content (AvgIpc) is 3.15. The van der Waals surface area contributed by atoms with Gasteiger partial charge in [-0.3, -0.25) is 19.3 Å². The lowest BCUT2D eigenvalue weighted by atomic mass is 10.1. The fourth-order valence-corrected chi connectivity index (χ4v) is 3.11. The molecule has 0 saturated carbocycles. The molecule has 132 valence electrons. The third kappa shape index (κ3) is 3.52. The maximum absolute atomic E-state index is 12.1. The number of furan rings is 1. The zero-order chi connectivity index (χ0) is 18.8. The highest BCUT2D eigenvalue weighted by Gasteiger charge is 2.36. The topological polar surface area (TPSA) is 125 Å². The Hall–Kier alpha value is -3.33. The molecule has 0 unspecified atom stereocenters. The Labute approximate surface area is 150 Å². The fourth-order valence-electron chi connectivity index (χ4n) is 2.29. The minimum absolute atomic E-state index is 0.0523. The molecule has 1 saturated heterocycles. The van der Waals surface area contributed by atoms with Crippen LogP contribution in [-0.4, -0.2) is 44.7 Å². The number of thioether (sulfide) groups is 1. The number of nitrogens with zero attached hydrogens (tertiary/aromatic N) is 1. The molecule has 26 heavy (non-hydrogen) atoms. The van der Waals surface area contributed by atoms with E-state index < -0.39 is 29.6 Å². The Morgan fingerprint density at radius 2 is 1.92 bits per heavy atom. The first kappa shape index (κ1) is 17.5. The Balaban J connectivity index is 1.85. The van der Waals surface area contributed by atoms with E-state index in [4.69, 9.17) is 14.6 Å². The van der Waals surface area contributed by atoms with Crippen molar-refractivity contribution in [2.24, 2.45) is 0 Å². The molecule has 2 N–H and O–H groups in total. The maximum Gasteiger partial charge on any atom is 0.335 e. The van der Waals surface area contributed by atoms with E-state index >= 15 is 0 Å². The number of hydrogen-bond donors (Lipinski definition) is 2. The number of hydrogen-bond acceptors (Lipinski definition) is 6. The van der Waals surface area contributed by atoms with Crippen LogP contribution in [0.3, 0.4) is 0 Å². The molecule has 0 radical (unpaired) electrons. The van der Waals surface area contributed by atoms with Gasteiger partial charge in [-0.1, -0.05) is 12.1 Å². The second kappa shape index (κ2) is 6.89. The van der Waals surface area contributed by atoms with Gasteiger partial charge in [-0.05, 0) is 36.0 Å². The molecule has 1 aliphatic heterocycles. The highest BCUT2D eigenvalue weighted by Crippen LogP contribution is 2.33. The van der Waals surface area contributed by atoms with Crippen molar-refractivity contribution in [2.75, 3.05) is 6.54 Å². The Morgan fingerprint density at radius 1 is 1.15 bits per heavy atom. The van der Waals surface area contributed by atoms with Gasteiger partial charge in [0.2, 0.25) is 0 Å². The van der Waals surface area contributed by atoms with Crippen molar-refractivity contribution in [3.8, 4) is 11.3 Å². The number of aliphatic carboxylic acids is 1. The predicted octanol–water partition coefficient (Wildman–Crippen LogP) is 2.77. The van der Waals surface area contributed by atoms with E-state index in [2.05, 4.69) is 0 Å². The summed E-state index contributed by atoms with van der Waals surface area (Å²) in [4.78, 5) is 46.3. The predicted molar refractivity (Wildman–Crippen MR) is 91.4 cm³/mol. The molecule has 1 fully saturated rings. The van der Waals surface area contributed by atoms with Crippen LogP contribution in [0.15, 0.2) is 45.7 Å². The van der Waals surface area contributed by atoms with E-state index in [0.29, 0.717) is 28.0 Å². The van der Waals surface area contributed by atoms with Gasteiger partial charge in [-0.25, -0.2) is 4.79 Å². The van der Waals surface area contributed by atoms with Crippen LogP contribution >= 0.6 is 11.8 Å². The molecule has 2 amide bonds. The minimum Gasteiger partial charge on any atom is -0.480 e. The highest BCUT2D eigenvalue weighted by atomic mass is 32.2. The Bertz CT molecular complexity index is 960. The average molecular weight is 373 g/mol. The minimum atomic E-state index is -1.29. The molecule has 0 atom stereocenters. The molecule has 0 spiro atoms. The van der Waals surface area contributed by atoms with Crippen molar-refractivity contribution in [2.45, 2.75) is 0 Å². The van der Waals surface area contributed by atoms with Gasteiger partial charge in [0.25, 0.3) is 11.1 Å². The number of carboxylic acids is 2. The molecule has 3 rings (SSSR count). The van der Waals surface area contributed by atoms with E-state index in [1.807, 2.05) is 0 Å². The molecule has 2 aromatic rings. The van der Waals surface area contributed by atoms with Gasteiger partial charge in [0, 0.05) is 11.6 Å². The zero-order valence-corrected chi connectivity index (χ0v) is 13.9. The van der Waals surface area contributed by atoms with Crippen molar-refractivity contribution in [1.82, 2.24) is 4.90 Å². The van der Waals surface area contributed by atoms with Gasteiger partial charge < -0.3 is 14.6 Å². The number of amides is 2. The molecule has 1 aromatic heterocycles. The van der Waals surface area contributed by atoms with Crippen molar-refractivity contribution in [1.29, 1.82) is 0 Å². The lowest BCUT2D eigenvalue weighted by molar-refractivity contribution is -0.140. The quantitative estimate of drug-likeness (QED) is 0.767. The van der Waals surface area contributed by atoms with Gasteiger partial charge in [0.05, 0.1) is 10.5 Å². The Morgan fingerprint density at radius 3 is 2.62 bits per heavy atom. The summed E-state index contributed by atoms with van der Waals surface area (Å²) in [7, 11) is 0. The van der Waals surface area contributed by atoms with Gasteiger partial charge in [0.15, 0.2) is 0 Å². The second-order valence-corrected chi connectivity index (χ2v) is 6.24. The summed E-state index contributed by atoms with van der Waals surface area (Å²) >= 11 is 0.628. The van der Waals surface area contributed by atoms with Crippen LogP contribution in [0, 0.1) is 0 Å². The van der Waals surface area contributed by atoms with Crippen molar-refractivity contribution in [3.05, 3.63) is 52.6 Å². The normalized spacial score (nSPS) is 15.7. The monoisotopic (exact) mass is 373 g/mol. The van der Waals surface area contributed by atoms with Crippen LogP contribution in [0.5, 0.6) is 0 Å². The van der Waals surface area contributed by atoms with E-state index in [-0.39, 0.29) is 16.2 Å². The summed E-state index contributed by atoms with van der Waals surface area (Å²) in [5, 5.41) is 17.1. The summed E-state index contributed by atoms with van der Waals surface area (Å²) in [5.41, 5.74) is 0.652. The highest BCUT2D eigenvalue weighted by molar-refractivity contribution is 8.18. The third-order valence-electron chi connectivity index (χ3n) is 3.46. The summed E-state index contributed by atoms with van der Waals surface area (Å²) in [6.07, 6.45) is 1.34. The van der Waals surface area contributed by atoms with Gasteiger partial charge in [-0.15, -0.1) is 0 Å². The molecule has 0 bridgehead atoms. The summed E-state index contributed by atoms with van der Waals surface area (Å²) in [6.45, 7) is -0.701. The molecular weight excluding hydrogens is 362 g/mol. The molecule has 9 heteroatoms. The van der Waals surface area contributed by atoms with Gasteiger partial charge in [-0.2, -0.15) is 0 Å². The van der Waals surface area contributed by atoms with E-state index in [1.54, 1.807) is 24.3 Å². The van der Waals surface area contributed by atoms with Crippen molar-refractivity contribution in [3.63, 3.8) is 0 Å². The lowest BCUT2D eigenvalue weighted by Gasteiger charge is -2.07. The summed E-state index contributed by atoms with van der Waals surface area (Å²) < 4.78 is 5.59. The zero-order valence-electron chi connectivity index (χ0n) is 13.0. The van der Waals surface area contributed by atoms with Crippen LogP contribution in [0.1, 0.15) is 16.1 Å². The van der Waals surface area contributed by atoms with Crippen LogP contribution < -0.4 is 0 Å². The van der Waals surface area contributed by atoms with Gasteiger partial charge in [0.1, 0.15) is 18.1 Å². The van der Waals surface area contributed by atoms with Crippen molar-refractivity contribution >= 4 is 40.9 Å². The molecule has 1 aliphatic rings. The number of rotatable bonds is 5. The SMILES string of the molecule is O=C(O)CN1C(=O)S/C(=C\c2ccc(-c3cccc(C(=O)O)c3)o2)C1=O. The second-order valence-electron chi connectivity index (χ2n) is 5.25. The third-order valence-corrected chi connectivity index (χ3v) is 4.37. The largest absolute Gasteiger partial charge is 0.480 e. The first-order valence-electron chi connectivity index (χ1n) is 7.26. The molecule has 8 nitrogen and oxygen atoms in total. The number of carbonyl (C=O) groups is 4. The van der Waals surface area contributed by atoms with Crippen LogP contribution in [0.2, 0.25) is 0 Å². The smallest absolute Gasteiger partial charge is 0.335 e. The summed E-state index contributed by atoms with van der Waals surface area (Å²) in [6, 6.07) is 9.33. The molecular formula is C17H11NO7S. The van der Waals surface area contributed by atoms with E-state index in [9.17, 15) is 19.2 Å². The fraction of sp³-hybridized carbons (Fsp3) is 0.0588. The summed E-state index contributed by atoms with van der Waals surface area (Å²) in [5.74, 6) is -2.38. The number of benzene rings is 1. The van der Waals surface area contributed by atoms with E-state index in [0.717, 1.165) is 0 Å². The molecule has 1 aromatic carbocycles. The first-order chi connectivity index (χ1) is 12.3. The molecule has 0 aliphatic carbocycles. The Kier molecular flexibility index (Phi) is 4.63. The van der Waals surface area contributed by atoms with Crippen LogP contribution in [-0.2, 0) is 9.59 Å². The number of carbonyl (C=O) groups excluding carboxylic acids is 2. The maximum atomic E-state index is 12.1. The number of carboxylic acid groups (broad SMARTS) is 2. The first-order valence-corrected chi connectivity index (χ1v) is 8.07. The van der Waals surface area contributed by atoms with Crippen LogP contribution in [0.4, 0.5) is 4.79 Å². The van der Waals surface area contributed by atoms with E-state index in [1.165, 1.54) is 18.2 Å². The number of imide groups is 1. The van der Waals surface area contributed by atoms with Crippen LogP contribution in [0.25, 0.3) is 17.4 Å².